The number of imide groups is 1. The number of nitrogens with one attached hydrogen (secondary N) is 1. The number of benzene rings is 2. The first-order valence-corrected chi connectivity index (χ1v) is 10.5. The van der Waals surface area contributed by atoms with Gasteiger partial charge in [0.25, 0.3) is 5.56 Å². The zero-order valence-corrected chi connectivity index (χ0v) is 18.3. The van der Waals surface area contributed by atoms with Gasteiger partial charge in [-0.05, 0) is 48.7 Å². The van der Waals surface area contributed by atoms with E-state index in [2.05, 4.69) is 10.3 Å². The molecule has 0 bridgehead atoms. The van der Waals surface area contributed by atoms with Crippen molar-refractivity contribution in [2.45, 2.75) is 31.2 Å². The van der Waals surface area contributed by atoms with E-state index >= 15 is 0 Å². The maximum absolute atomic E-state index is 13.4. The topological polar surface area (TPSA) is 107 Å². The Morgan fingerprint density at radius 2 is 1.93 bits per heavy atom. The van der Waals surface area contributed by atoms with E-state index in [1.807, 2.05) is 39.0 Å². The molecule has 0 saturated carbocycles. The molecule has 156 valence electrons. The molecule has 30 heavy (non-hydrogen) atoms. The number of urea groups is 1. The van der Waals surface area contributed by atoms with Crippen molar-refractivity contribution >= 4 is 46.2 Å². The second-order valence-corrected chi connectivity index (χ2v) is 8.72. The normalized spacial score (nSPS) is 12.2. The van der Waals surface area contributed by atoms with Crippen molar-refractivity contribution < 1.29 is 9.59 Å². The summed E-state index contributed by atoms with van der Waals surface area (Å²) in [6.45, 7) is 5.60. The monoisotopic (exact) mass is 444 g/mol. The van der Waals surface area contributed by atoms with Gasteiger partial charge < -0.3 is 5.73 Å². The van der Waals surface area contributed by atoms with Gasteiger partial charge in [-0.3, -0.25) is 19.5 Å². The number of aromatic nitrogens is 2. The van der Waals surface area contributed by atoms with Gasteiger partial charge in [0.2, 0.25) is 5.91 Å². The van der Waals surface area contributed by atoms with Gasteiger partial charge in [0.15, 0.2) is 5.16 Å². The number of halogens is 1. The van der Waals surface area contributed by atoms with Crippen LogP contribution < -0.4 is 16.6 Å². The van der Waals surface area contributed by atoms with Crippen molar-refractivity contribution in [3.63, 3.8) is 0 Å². The molecule has 1 heterocycles. The SMILES string of the molecule is Cc1cccc(-n2c(SC(C(=O)NC(N)=O)C(C)C)nc3cc(Cl)ccc3c2=O)c1. The number of nitrogens with zero attached hydrogens (tertiary/aromatic N) is 2. The highest BCUT2D eigenvalue weighted by molar-refractivity contribution is 8.00. The molecule has 7 nitrogen and oxygen atoms in total. The lowest BCUT2D eigenvalue weighted by Gasteiger charge is -2.21. The lowest BCUT2D eigenvalue weighted by atomic mass is 10.1. The minimum Gasteiger partial charge on any atom is -0.351 e. The van der Waals surface area contributed by atoms with Gasteiger partial charge in [-0.15, -0.1) is 0 Å². The molecule has 0 aliphatic carbocycles. The summed E-state index contributed by atoms with van der Waals surface area (Å²) >= 11 is 7.19. The van der Waals surface area contributed by atoms with E-state index in [0.717, 1.165) is 17.3 Å². The molecule has 0 aliphatic rings. The van der Waals surface area contributed by atoms with Gasteiger partial charge in [-0.25, -0.2) is 9.78 Å². The minimum atomic E-state index is -0.930. The first-order valence-electron chi connectivity index (χ1n) is 9.23. The Kier molecular flexibility index (Phi) is 6.48. The average Bonchev–Trinajstić information content (AvgIpc) is 2.65. The number of carbonyl (C=O) groups is 2. The molecule has 0 spiro atoms. The summed E-state index contributed by atoms with van der Waals surface area (Å²) in [5.74, 6) is -0.703. The third-order valence-corrected chi connectivity index (χ3v) is 6.14. The highest BCUT2D eigenvalue weighted by Crippen LogP contribution is 2.30. The molecular weight excluding hydrogens is 424 g/mol. The van der Waals surface area contributed by atoms with Crippen molar-refractivity contribution in [1.29, 1.82) is 0 Å². The van der Waals surface area contributed by atoms with Crippen LogP contribution in [0.15, 0.2) is 52.4 Å². The van der Waals surface area contributed by atoms with Crippen LogP contribution in [0, 0.1) is 12.8 Å². The van der Waals surface area contributed by atoms with E-state index in [1.165, 1.54) is 4.57 Å². The van der Waals surface area contributed by atoms with E-state index in [1.54, 1.807) is 24.3 Å². The first kappa shape index (κ1) is 21.9. The number of nitrogens with two attached hydrogens (primary N) is 1. The highest BCUT2D eigenvalue weighted by Gasteiger charge is 2.27. The standard InChI is InChI=1S/C21H21ClN4O3S/c1-11(2)17(18(27)25-20(23)29)30-21-24-16-10-13(22)7-8-15(16)19(28)26(21)14-6-4-5-12(3)9-14/h4-11,17H,1-3H3,(H3,23,25,27,29). The Bertz CT molecular complexity index is 1190. The van der Waals surface area contributed by atoms with Crippen LogP contribution in [0.1, 0.15) is 19.4 Å². The predicted octanol–water partition coefficient (Wildman–Crippen LogP) is 3.66. The van der Waals surface area contributed by atoms with E-state index < -0.39 is 17.2 Å². The number of carbonyl (C=O) groups excluding carboxylic acids is 2. The summed E-state index contributed by atoms with van der Waals surface area (Å²) in [5, 5.41) is 2.60. The zero-order valence-electron chi connectivity index (χ0n) is 16.7. The number of rotatable bonds is 5. The molecule has 1 unspecified atom stereocenters. The van der Waals surface area contributed by atoms with Crippen LogP contribution in [-0.4, -0.2) is 26.7 Å². The van der Waals surface area contributed by atoms with Crippen molar-refractivity contribution in [3.8, 4) is 5.69 Å². The molecule has 3 aromatic rings. The van der Waals surface area contributed by atoms with Crippen LogP contribution >= 0.6 is 23.4 Å². The van der Waals surface area contributed by atoms with Crippen LogP contribution in [-0.2, 0) is 4.79 Å². The average molecular weight is 445 g/mol. The van der Waals surface area contributed by atoms with Crippen LogP contribution in [0.25, 0.3) is 16.6 Å². The number of aryl methyl sites for hydroxylation is 1. The summed E-state index contributed by atoms with van der Waals surface area (Å²) in [5.41, 5.74) is 6.86. The van der Waals surface area contributed by atoms with Gasteiger partial charge in [-0.1, -0.05) is 49.3 Å². The van der Waals surface area contributed by atoms with E-state index in [-0.39, 0.29) is 11.5 Å². The molecule has 0 aliphatic heterocycles. The van der Waals surface area contributed by atoms with Crippen molar-refractivity contribution in [3.05, 3.63) is 63.4 Å². The van der Waals surface area contributed by atoms with E-state index in [4.69, 9.17) is 17.3 Å². The molecule has 2 aromatic carbocycles. The molecule has 3 N–H and O–H groups in total. The Morgan fingerprint density at radius 3 is 2.57 bits per heavy atom. The van der Waals surface area contributed by atoms with Gasteiger partial charge in [-0.2, -0.15) is 0 Å². The van der Waals surface area contributed by atoms with Crippen molar-refractivity contribution in [2.24, 2.45) is 11.7 Å². The minimum absolute atomic E-state index is 0.160. The number of fused-ring (bicyclic) bond motifs is 1. The molecule has 9 heteroatoms. The molecule has 0 saturated heterocycles. The van der Waals surface area contributed by atoms with Crippen LogP contribution in [0.5, 0.6) is 0 Å². The summed E-state index contributed by atoms with van der Waals surface area (Å²) in [7, 11) is 0. The Balaban J connectivity index is 2.23. The molecule has 0 fully saturated rings. The lowest BCUT2D eigenvalue weighted by molar-refractivity contribution is -0.120. The van der Waals surface area contributed by atoms with Crippen LogP contribution in [0.4, 0.5) is 4.79 Å². The molecule has 0 radical (unpaired) electrons. The van der Waals surface area contributed by atoms with Gasteiger partial charge >= 0.3 is 6.03 Å². The van der Waals surface area contributed by atoms with Crippen LogP contribution in [0.3, 0.4) is 0 Å². The van der Waals surface area contributed by atoms with E-state index in [0.29, 0.717) is 26.8 Å². The smallest absolute Gasteiger partial charge is 0.318 e. The summed E-state index contributed by atoms with van der Waals surface area (Å²) < 4.78 is 1.47. The van der Waals surface area contributed by atoms with E-state index in [9.17, 15) is 14.4 Å². The molecule has 1 aromatic heterocycles. The second kappa shape index (κ2) is 8.89. The highest BCUT2D eigenvalue weighted by atomic mass is 35.5. The Labute approximate surface area is 182 Å². The van der Waals surface area contributed by atoms with Crippen LogP contribution in [0.2, 0.25) is 5.02 Å². The summed E-state index contributed by atoms with van der Waals surface area (Å²) in [6.07, 6.45) is 0. The number of hydrogen-bond acceptors (Lipinski definition) is 5. The van der Waals surface area contributed by atoms with Crippen molar-refractivity contribution in [1.82, 2.24) is 14.9 Å². The molecular formula is C21H21ClN4O3S. The van der Waals surface area contributed by atoms with Gasteiger partial charge in [0.1, 0.15) is 0 Å². The Hall–Kier alpha value is -2.84. The number of thioether (sulfide) groups is 1. The maximum Gasteiger partial charge on any atom is 0.318 e. The predicted molar refractivity (Wildman–Crippen MR) is 119 cm³/mol. The number of hydrogen-bond donors (Lipinski definition) is 2. The molecule has 3 amide bonds. The van der Waals surface area contributed by atoms with Gasteiger partial charge in [0.05, 0.1) is 21.8 Å². The molecule has 1 atom stereocenters. The third kappa shape index (κ3) is 4.66. The first-order chi connectivity index (χ1) is 14.2. The quantitative estimate of drug-likeness (QED) is 0.461. The third-order valence-electron chi connectivity index (χ3n) is 4.40. The number of primary amides is 1. The zero-order chi connectivity index (χ0) is 22.0. The summed E-state index contributed by atoms with van der Waals surface area (Å²) in [6, 6.07) is 11.4. The maximum atomic E-state index is 13.4. The van der Waals surface area contributed by atoms with Gasteiger partial charge in [0, 0.05) is 5.02 Å². The lowest BCUT2D eigenvalue weighted by Crippen LogP contribution is -2.42. The van der Waals surface area contributed by atoms with Crippen molar-refractivity contribution in [2.75, 3.05) is 0 Å². The number of amides is 3. The largest absolute Gasteiger partial charge is 0.351 e. The Morgan fingerprint density at radius 1 is 1.20 bits per heavy atom. The summed E-state index contributed by atoms with van der Waals surface area (Å²) in [4.78, 5) is 41.7. The fraction of sp³-hybridized carbons (Fsp3) is 0.238. The molecule has 3 rings (SSSR count). The second-order valence-electron chi connectivity index (χ2n) is 7.17. The fourth-order valence-corrected chi connectivity index (χ4v) is 4.29. The fourth-order valence-electron chi connectivity index (χ4n) is 3.01.